The number of hydrogen-bond acceptors (Lipinski definition) is 5. The van der Waals surface area contributed by atoms with Crippen LogP contribution in [0.25, 0.3) is 16.6 Å². The first-order valence-electron chi connectivity index (χ1n) is 10.7. The number of carbonyl (C=O) groups excluding carboxylic acids is 3. The standard InChI is InChI=1S/C25H26N4O4/c1-5-28-14-13-19(23(28)31)21(30)16-11-12-18-20(15-16)27-29(17-9-7-6-8-10-17)22(18)26-24(32)33-25(2,3)4/h5-12,15,19H,1,13-14H2,2-4H3,(H,26,32). The van der Waals surface area contributed by atoms with Crippen molar-refractivity contribution in [1.29, 1.82) is 0 Å². The third-order valence-corrected chi connectivity index (χ3v) is 5.35. The Morgan fingerprint density at radius 1 is 1.18 bits per heavy atom. The zero-order chi connectivity index (χ0) is 23.8. The number of amides is 2. The van der Waals surface area contributed by atoms with E-state index >= 15 is 0 Å². The number of para-hydroxylation sites is 1. The van der Waals surface area contributed by atoms with Gasteiger partial charge in [-0.25, -0.2) is 9.48 Å². The number of hydrogen-bond donors (Lipinski definition) is 1. The summed E-state index contributed by atoms with van der Waals surface area (Å²) in [6, 6.07) is 14.4. The van der Waals surface area contributed by atoms with E-state index in [1.165, 1.54) is 11.1 Å². The molecular formula is C25H26N4O4. The number of nitrogens with one attached hydrogen (secondary N) is 1. The maximum Gasteiger partial charge on any atom is 0.413 e. The molecule has 2 heterocycles. The van der Waals surface area contributed by atoms with Gasteiger partial charge in [0.25, 0.3) is 0 Å². The molecule has 2 aromatic carbocycles. The summed E-state index contributed by atoms with van der Waals surface area (Å²) >= 11 is 0. The fraction of sp³-hybridized carbons (Fsp3) is 0.280. The molecule has 0 aliphatic carbocycles. The van der Waals surface area contributed by atoms with Gasteiger partial charge in [0.05, 0.1) is 11.2 Å². The molecule has 1 fully saturated rings. The second-order valence-electron chi connectivity index (χ2n) is 8.87. The number of rotatable bonds is 5. The number of ketones is 1. The lowest BCUT2D eigenvalue weighted by Gasteiger charge is -2.20. The van der Waals surface area contributed by atoms with Crippen molar-refractivity contribution in [3.8, 4) is 5.69 Å². The van der Waals surface area contributed by atoms with Crippen LogP contribution in [0.1, 0.15) is 37.6 Å². The molecule has 1 aromatic heterocycles. The highest BCUT2D eigenvalue weighted by Crippen LogP contribution is 2.30. The van der Waals surface area contributed by atoms with Crippen LogP contribution in [-0.4, -0.2) is 44.6 Å². The van der Waals surface area contributed by atoms with Gasteiger partial charge in [-0.1, -0.05) is 30.8 Å². The summed E-state index contributed by atoms with van der Waals surface area (Å²) in [6.07, 6.45) is 1.29. The Hall–Kier alpha value is -3.94. The maximum atomic E-state index is 13.1. The molecule has 1 N–H and O–H groups in total. The number of nitrogens with zero attached hydrogens (tertiary/aromatic N) is 3. The molecule has 0 radical (unpaired) electrons. The van der Waals surface area contributed by atoms with Gasteiger partial charge in [0.1, 0.15) is 17.3 Å². The van der Waals surface area contributed by atoms with Crippen molar-refractivity contribution in [2.45, 2.75) is 32.8 Å². The van der Waals surface area contributed by atoms with Crippen LogP contribution in [0.5, 0.6) is 0 Å². The molecule has 1 aliphatic heterocycles. The molecule has 8 heteroatoms. The molecule has 33 heavy (non-hydrogen) atoms. The first-order chi connectivity index (χ1) is 15.7. The van der Waals surface area contributed by atoms with Crippen LogP contribution in [0.2, 0.25) is 0 Å². The minimum absolute atomic E-state index is 0.239. The molecule has 0 saturated carbocycles. The van der Waals surface area contributed by atoms with E-state index in [0.29, 0.717) is 35.2 Å². The average molecular weight is 447 g/mol. The van der Waals surface area contributed by atoms with E-state index in [2.05, 4.69) is 17.0 Å². The zero-order valence-corrected chi connectivity index (χ0v) is 18.9. The van der Waals surface area contributed by atoms with E-state index in [9.17, 15) is 14.4 Å². The summed E-state index contributed by atoms with van der Waals surface area (Å²) in [5, 5.41) is 8.08. The molecular weight excluding hydrogens is 420 g/mol. The summed E-state index contributed by atoms with van der Waals surface area (Å²) in [7, 11) is 0. The summed E-state index contributed by atoms with van der Waals surface area (Å²) in [4.78, 5) is 39.5. The molecule has 1 saturated heterocycles. The Balaban J connectivity index is 1.73. The Bertz CT molecular complexity index is 1240. The summed E-state index contributed by atoms with van der Waals surface area (Å²) < 4.78 is 7.02. The number of benzene rings is 2. The third-order valence-electron chi connectivity index (χ3n) is 5.35. The van der Waals surface area contributed by atoms with Crippen LogP contribution in [0.3, 0.4) is 0 Å². The van der Waals surface area contributed by atoms with Crippen molar-refractivity contribution in [3.63, 3.8) is 0 Å². The van der Waals surface area contributed by atoms with Gasteiger partial charge >= 0.3 is 6.09 Å². The third kappa shape index (κ3) is 4.50. The lowest BCUT2D eigenvalue weighted by Crippen LogP contribution is -2.28. The van der Waals surface area contributed by atoms with E-state index < -0.39 is 17.6 Å². The number of ether oxygens (including phenoxy) is 1. The Morgan fingerprint density at radius 3 is 2.55 bits per heavy atom. The van der Waals surface area contributed by atoms with Gasteiger partial charge in [0, 0.05) is 17.5 Å². The first kappa shape index (κ1) is 22.3. The Kier molecular flexibility index (Phi) is 5.76. The quantitative estimate of drug-likeness (QED) is 0.459. The van der Waals surface area contributed by atoms with Gasteiger partial charge in [-0.05, 0) is 57.7 Å². The molecule has 1 unspecified atom stereocenters. The first-order valence-corrected chi connectivity index (χ1v) is 10.7. The van der Waals surface area contributed by atoms with E-state index in [0.717, 1.165) is 5.69 Å². The predicted molar refractivity (Wildman–Crippen MR) is 125 cm³/mol. The number of Topliss-reactive ketones (excluding diaryl/α,β-unsaturated/α-hetero) is 1. The fourth-order valence-corrected chi connectivity index (χ4v) is 3.84. The topological polar surface area (TPSA) is 93.5 Å². The normalized spacial score (nSPS) is 16.2. The molecule has 0 spiro atoms. The average Bonchev–Trinajstić information content (AvgIpc) is 3.32. The van der Waals surface area contributed by atoms with Crippen LogP contribution >= 0.6 is 0 Å². The van der Waals surface area contributed by atoms with Gasteiger partial charge < -0.3 is 9.64 Å². The van der Waals surface area contributed by atoms with Crippen LogP contribution in [0, 0.1) is 5.92 Å². The van der Waals surface area contributed by atoms with Gasteiger partial charge in [-0.2, -0.15) is 5.10 Å². The largest absolute Gasteiger partial charge is 0.444 e. The smallest absolute Gasteiger partial charge is 0.413 e. The molecule has 170 valence electrons. The lowest BCUT2D eigenvalue weighted by atomic mass is 9.95. The van der Waals surface area contributed by atoms with Crippen molar-refractivity contribution in [1.82, 2.24) is 14.7 Å². The number of fused-ring (bicyclic) bond motifs is 1. The van der Waals surface area contributed by atoms with Crippen LogP contribution in [-0.2, 0) is 9.53 Å². The van der Waals surface area contributed by atoms with E-state index in [-0.39, 0.29) is 11.7 Å². The SMILES string of the molecule is C=CN1CCC(C(=O)c2ccc3c(NC(=O)OC(C)(C)C)n(-c4ccccc4)nc3c2)C1=O. The van der Waals surface area contributed by atoms with Crippen molar-refractivity contribution in [3.05, 3.63) is 66.9 Å². The van der Waals surface area contributed by atoms with E-state index in [1.54, 1.807) is 43.7 Å². The molecule has 8 nitrogen and oxygen atoms in total. The highest BCUT2D eigenvalue weighted by atomic mass is 16.6. The predicted octanol–water partition coefficient (Wildman–Crippen LogP) is 4.55. The molecule has 1 atom stereocenters. The Labute approximate surface area is 191 Å². The molecule has 2 amide bonds. The van der Waals surface area contributed by atoms with Crippen molar-refractivity contribution < 1.29 is 19.1 Å². The lowest BCUT2D eigenvalue weighted by molar-refractivity contribution is -0.127. The number of likely N-dealkylation sites (tertiary alicyclic amines) is 1. The van der Waals surface area contributed by atoms with Crippen LogP contribution in [0.4, 0.5) is 10.6 Å². The molecule has 3 aromatic rings. The second kappa shape index (κ2) is 8.54. The van der Waals surface area contributed by atoms with Crippen molar-refractivity contribution in [2.75, 3.05) is 11.9 Å². The maximum absolute atomic E-state index is 13.1. The highest BCUT2D eigenvalue weighted by Gasteiger charge is 2.36. The van der Waals surface area contributed by atoms with Gasteiger partial charge in [-0.15, -0.1) is 0 Å². The molecule has 0 bridgehead atoms. The van der Waals surface area contributed by atoms with Gasteiger partial charge in [0.15, 0.2) is 5.78 Å². The molecule has 4 rings (SSSR count). The summed E-state index contributed by atoms with van der Waals surface area (Å²) in [6.45, 7) is 9.46. The number of aromatic nitrogens is 2. The van der Waals surface area contributed by atoms with E-state index in [1.807, 2.05) is 30.3 Å². The number of anilines is 1. The summed E-state index contributed by atoms with van der Waals surface area (Å²) in [5.41, 5.74) is 0.986. The van der Waals surface area contributed by atoms with Gasteiger partial charge in [0.2, 0.25) is 5.91 Å². The van der Waals surface area contributed by atoms with Crippen molar-refractivity contribution >= 4 is 34.5 Å². The zero-order valence-electron chi connectivity index (χ0n) is 18.9. The van der Waals surface area contributed by atoms with E-state index in [4.69, 9.17) is 4.74 Å². The summed E-state index contributed by atoms with van der Waals surface area (Å²) in [5.74, 6) is -0.783. The highest BCUT2D eigenvalue weighted by molar-refractivity contribution is 6.12. The monoisotopic (exact) mass is 446 g/mol. The van der Waals surface area contributed by atoms with Crippen LogP contribution < -0.4 is 5.32 Å². The molecule has 1 aliphatic rings. The minimum atomic E-state index is -0.726. The van der Waals surface area contributed by atoms with Crippen molar-refractivity contribution in [2.24, 2.45) is 5.92 Å². The minimum Gasteiger partial charge on any atom is -0.444 e. The number of carbonyl (C=O) groups is 3. The fourth-order valence-electron chi connectivity index (χ4n) is 3.84. The Morgan fingerprint density at radius 2 is 1.91 bits per heavy atom. The second-order valence-corrected chi connectivity index (χ2v) is 8.87. The van der Waals surface area contributed by atoms with Crippen LogP contribution in [0.15, 0.2) is 61.3 Å². The van der Waals surface area contributed by atoms with Gasteiger partial charge in [-0.3, -0.25) is 14.9 Å².